The van der Waals surface area contributed by atoms with Crippen LogP contribution in [0.4, 0.5) is 0 Å². The Morgan fingerprint density at radius 2 is 2.05 bits per heavy atom. The fourth-order valence-electron chi connectivity index (χ4n) is 2.85. The van der Waals surface area contributed by atoms with Gasteiger partial charge in [0.1, 0.15) is 0 Å². The molecule has 1 aromatic carbocycles. The number of halogens is 2. The van der Waals surface area contributed by atoms with Gasteiger partial charge in [-0.25, -0.2) is 0 Å². The van der Waals surface area contributed by atoms with Gasteiger partial charge in [0.15, 0.2) is 0 Å². The molecule has 20 heavy (non-hydrogen) atoms. The van der Waals surface area contributed by atoms with Crippen molar-refractivity contribution >= 4 is 23.2 Å². The molecule has 2 rings (SSSR count). The van der Waals surface area contributed by atoms with Crippen molar-refractivity contribution < 1.29 is 0 Å². The summed E-state index contributed by atoms with van der Waals surface area (Å²) in [5.74, 6) is 0. The molecule has 2 unspecified atom stereocenters. The summed E-state index contributed by atoms with van der Waals surface area (Å²) in [5, 5.41) is 4.98. The number of rotatable bonds is 4. The molecule has 1 aliphatic rings. The molecule has 0 spiro atoms. The van der Waals surface area contributed by atoms with Crippen molar-refractivity contribution in [2.75, 3.05) is 40.8 Å². The molecule has 112 valence electrons. The van der Waals surface area contributed by atoms with Crippen LogP contribution in [0, 0.1) is 0 Å². The Hall–Kier alpha value is -0.320. The van der Waals surface area contributed by atoms with Crippen molar-refractivity contribution in [2.24, 2.45) is 0 Å². The topological polar surface area (TPSA) is 18.5 Å². The van der Waals surface area contributed by atoms with Crippen LogP contribution in [-0.4, -0.2) is 62.7 Å². The van der Waals surface area contributed by atoms with E-state index in [1.165, 1.54) is 0 Å². The Balaban J connectivity index is 2.13. The molecule has 1 N–H and O–H groups in total. The van der Waals surface area contributed by atoms with E-state index in [1.54, 1.807) is 0 Å². The number of benzene rings is 1. The third-order valence-corrected chi connectivity index (χ3v) is 4.79. The van der Waals surface area contributed by atoms with Crippen LogP contribution in [-0.2, 0) is 6.42 Å². The van der Waals surface area contributed by atoms with Gasteiger partial charge in [-0.2, -0.15) is 0 Å². The number of nitrogens with zero attached hydrogens (tertiary/aromatic N) is 2. The minimum atomic E-state index is 0.360. The van der Waals surface area contributed by atoms with E-state index in [2.05, 4.69) is 29.2 Å². The summed E-state index contributed by atoms with van der Waals surface area (Å²) >= 11 is 12.4. The van der Waals surface area contributed by atoms with Crippen molar-refractivity contribution in [3.05, 3.63) is 33.8 Å². The average Bonchev–Trinajstić information content (AvgIpc) is 2.42. The Morgan fingerprint density at radius 1 is 1.30 bits per heavy atom. The lowest BCUT2D eigenvalue weighted by atomic mass is 9.96. The van der Waals surface area contributed by atoms with Gasteiger partial charge in [0.2, 0.25) is 0 Å². The summed E-state index contributed by atoms with van der Waals surface area (Å²) in [6.07, 6.45) is 0.888. The highest BCUT2D eigenvalue weighted by Gasteiger charge is 2.29. The third-order valence-electron chi connectivity index (χ3n) is 4.18. The molecule has 0 amide bonds. The molecule has 3 nitrogen and oxygen atoms in total. The minimum Gasteiger partial charge on any atom is -0.315 e. The van der Waals surface area contributed by atoms with Crippen molar-refractivity contribution in [1.82, 2.24) is 15.1 Å². The Morgan fingerprint density at radius 3 is 2.75 bits per heavy atom. The van der Waals surface area contributed by atoms with Gasteiger partial charge < -0.3 is 10.2 Å². The summed E-state index contributed by atoms with van der Waals surface area (Å²) in [4.78, 5) is 4.81. The first-order valence-corrected chi connectivity index (χ1v) is 7.77. The molecule has 1 heterocycles. The van der Waals surface area contributed by atoms with Crippen molar-refractivity contribution in [2.45, 2.75) is 18.5 Å². The van der Waals surface area contributed by atoms with Crippen LogP contribution in [0.5, 0.6) is 0 Å². The molecule has 1 fully saturated rings. The second kappa shape index (κ2) is 7.10. The van der Waals surface area contributed by atoms with E-state index in [9.17, 15) is 0 Å². The van der Waals surface area contributed by atoms with Gasteiger partial charge in [-0.15, -0.1) is 0 Å². The van der Waals surface area contributed by atoms with Gasteiger partial charge in [-0.3, -0.25) is 4.90 Å². The van der Waals surface area contributed by atoms with Crippen molar-refractivity contribution in [3.63, 3.8) is 0 Å². The molecule has 0 aliphatic carbocycles. The van der Waals surface area contributed by atoms with Gasteiger partial charge in [-0.05, 0) is 51.3 Å². The second-order valence-corrected chi connectivity index (χ2v) is 6.49. The zero-order valence-electron chi connectivity index (χ0n) is 12.4. The lowest BCUT2D eigenvalue weighted by Gasteiger charge is -2.42. The lowest BCUT2D eigenvalue weighted by molar-refractivity contribution is 0.0897. The minimum absolute atomic E-state index is 0.360. The number of hydrogen-bond acceptors (Lipinski definition) is 3. The van der Waals surface area contributed by atoms with E-state index in [0.29, 0.717) is 12.1 Å². The fourth-order valence-corrected chi connectivity index (χ4v) is 3.24. The maximum atomic E-state index is 6.29. The molecule has 5 heteroatoms. The van der Waals surface area contributed by atoms with Crippen LogP contribution in [0.25, 0.3) is 0 Å². The van der Waals surface area contributed by atoms with Crippen LogP contribution in [0.2, 0.25) is 10.0 Å². The largest absolute Gasteiger partial charge is 0.315 e. The van der Waals surface area contributed by atoms with Gasteiger partial charge in [0, 0.05) is 41.8 Å². The Bertz CT molecular complexity index is 453. The van der Waals surface area contributed by atoms with E-state index in [0.717, 1.165) is 41.7 Å². The SMILES string of the molecule is CNC(Cc1cc(Cl)ccc1Cl)C1CN(C)CCN1C. The molecule has 0 saturated carbocycles. The Kier molecular flexibility index (Phi) is 5.70. The highest BCUT2D eigenvalue weighted by atomic mass is 35.5. The van der Waals surface area contributed by atoms with Gasteiger partial charge in [0.25, 0.3) is 0 Å². The first-order valence-electron chi connectivity index (χ1n) is 7.01. The molecule has 1 aromatic rings. The van der Waals surface area contributed by atoms with Crippen LogP contribution >= 0.6 is 23.2 Å². The highest BCUT2D eigenvalue weighted by molar-refractivity contribution is 6.33. The molecule has 0 aromatic heterocycles. The first kappa shape index (κ1) is 16.1. The molecule has 1 aliphatic heterocycles. The molecule has 0 radical (unpaired) electrons. The maximum absolute atomic E-state index is 6.29. The van der Waals surface area contributed by atoms with Crippen LogP contribution in [0.1, 0.15) is 5.56 Å². The summed E-state index contributed by atoms with van der Waals surface area (Å²) in [5.41, 5.74) is 1.11. The quantitative estimate of drug-likeness (QED) is 0.920. The number of likely N-dealkylation sites (N-methyl/N-ethyl adjacent to an activating group) is 3. The predicted octanol–water partition coefficient (Wildman–Crippen LogP) is 2.37. The maximum Gasteiger partial charge on any atom is 0.0439 e. The van der Waals surface area contributed by atoms with E-state index >= 15 is 0 Å². The summed E-state index contributed by atoms with van der Waals surface area (Å²) in [6, 6.07) is 6.53. The zero-order chi connectivity index (χ0) is 14.7. The normalized spacial score (nSPS) is 22.9. The third kappa shape index (κ3) is 3.86. The van der Waals surface area contributed by atoms with Gasteiger partial charge in [-0.1, -0.05) is 23.2 Å². The zero-order valence-corrected chi connectivity index (χ0v) is 13.9. The second-order valence-electron chi connectivity index (χ2n) is 5.65. The fraction of sp³-hybridized carbons (Fsp3) is 0.600. The van der Waals surface area contributed by atoms with Crippen LogP contribution in [0.15, 0.2) is 18.2 Å². The average molecular weight is 316 g/mol. The number of hydrogen-bond donors (Lipinski definition) is 1. The summed E-state index contributed by atoms with van der Waals surface area (Å²) in [7, 11) is 6.40. The lowest BCUT2D eigenvalue weighted by Crippen LogP contribution is -2.58. The number of nitrogens with one attached hydrogen (secondary N) is 1. The van der Waals surface area contributed by atoms with Crippen LogP contribution < -0.4 is 5.32 Å². The summed E-state index contributed by atoms with van der Waals surface area (Å²) in [6.45, 7) is 3.30. The number of piperazine rings is 1. The van der Waals surface area contributed by atoms with E-state index < -0.39 is 0 Å². The molecule has 2 atom stereocenters. The summed E-state index contributed by atoms with van der Waals surface area (Å²) < 4.78 is 0. The van der Waals surface area contributed by atoms with E-state index in [4.69, 9.17) is 23.2 Å². The van der Waals surface area contributed by atoms with Crippen LogP contribution in [0.3, 0.4) is 0 Å². The van der Waals surface area contributed by atoms with Gasteiger partial charge >= 0.3 is 0 Å². The molecular formula is C15H23Cl2N3. The van der Waals surface area contributed by atoms with E-state index in [-0.39, 0.29) is 0 Å². The smallest absolute Gasteiger partial charge is 0.0439 e. The van der Waals surface area contributed by atoms with Gasteiger partial charge in [0.05, 0.1) is 0 Å². The molecule has 0 bridgehead atoms. The van der Waals surface area contributed by atoms with Crippen molar-refractivity contribution in [3.8, 4) is 0 Å². The van der Waals surface area contributed by atoms with E-state index in [1.807, 2.05) is 25.2 Å². The highest BCUT2D eigenvalue weighted by Crippen LogP contribution is 2.23. The predicted molar refractivity (Wildman–Crippen MR) is 86.9 cm³/mol. The monoisotopic (exact) mass is 315 g/mol. The molecule has 1 saturated heterocycles. The first-order chi connectivity index (χ1) is 9.51. The van der Waals surface area contributed by atoms with Crippen molar-refractivity contribution in [1.29, 1.82) is 0 Å². The Labute approximate surface area is 131 Å². The standard InChI is InChI=1S/C15H23Cl2N3/c1-18-14(15-10-19(2)6-7-20(15)3)9-11-8-12(16)4-5-13(11)17/h4-5,8,14-15,18H,6-7,9-10H2,1-3H3. The molecular weight excluding hydrogens is 293 g/mol.